The summed E-state index contributed by atoms with van der Waals surface area (Å²) in [4.78, 5) is 11.4. The molecule has 1 aromatic carbocycles. The number of hydrogen-bond donors (Lipinski definition) is 1. The molecule has 130 valence electrons. The molecule has 0 radical (unpaired) electrons. The molecule has 0 unspecified atom stereocenters. The van der Waals surface area contributed by atoms with E-state index in [0.29, 0.717) is 0 Å². The number of para-hydroxylation sites is 1. The molecule has 0 spiro atoms. The van der Waals surface area contributed by atoms with Crippen LogP contribution in [0, 0.1) is 0 Å². The number of guanidine groups is 1. The lowest BCUT2D eigenvalue weighted by molar-refractivity contribution is 0.864. The first-order valence-electron chi connectivity index (χ1n) is 8.04. The molecule has 2 heterocycles. The molecule has 1 aliphatic heterocycles. The van der Waals surface area contributed by atoms with Gasteiger partial charge in [-0.05, 0) is 31.4 Å². The van der Waals surface area contributed by atoms with Crippen LogP contribution in [0.5, 0.6) is 0 Å². The highest BCUT2D eigenvalue weighted by Crippen LogP contribution is 2.27. The third kappa shape index (κ3) is 5.10. The Kier molecular flexibility index (Phi) is 8.34. The second kappa shape index (κ2) is 10.2. The summed E-state index contributed by atoms with van der Waals surface area (Å²) in [7, 11) is 0. The van der Waals surface area contributed by atoms with Crippen molar-refractivity contribution in [1.29, 1.82) is 0 Å². The van der Waals surface area contributed by atoms with Crippen LogP contribution in [0.1, 0.15) is 18.9 Å². The maximum absolute atomic E-state index is 4.81. The molecule has 3 rings (SSSR count). The molecule has 0 aliphatic carbocycles. The maximum atomic E-state index is 4.81. The van der Waals surface area contributed by atoms with E-state index in [4.69, 9.17) is 4.99 Å². The Bertz CT molecular complexity index is 646. The van der Waals surface area contributed by atoms with Crippen LogP contribution in [0.15, 0.2) is 45.2 Å². The average Bonchev–Trinajstić information content (AvgIpc) is 3.23. The summed E-state index contributed by atoms with van der Waals surface area (Å²) in [6.07, 6.45) is 4.02. The summed E-state index contributed by atoms with van der Waals surface area (Å²) in [5.74, 6) is 2.07. The van der Waals surface area contributed by atoms with E-state index in [1.165, 1.54) is 11.3 Å². The molecule has 24 heavy (non-hydrogen) atoms. The van der Waals surface area contributed by atoms with Gasteiger partial charge in [0.15, 0.2) is 5.96 Å². The number of thioether (sulfide) groups is 1. The topological polar surface area (TPSA) is 40.5 Å². The standard InChI is InChI=1S/C17H22N4S2.HI/c1-2-18-16(19-9-5-12-22-17-20-10-13-23-17)21-11-8-14-6-3-4-7-15(14)21;/h3-4,6-7,10,13H,2,5,8-9,11-12H2,1H3,(H,18,19);1H. The Labute approximate surface area is 169 Å². The number of thiazole rings is 1. The summed E-state index contributed by atoms with van der Waals surface area (Å²) in [5.41, 5.74) is 2.71. The number of nitrogens with one attached hydrogen (secondary N) is 1. The second-order valence-corrected chi connectivity index (χ2v) is 7.50. The van der Waals surface area contributed by atoms with Crippen LogP contribution >= 0.6 is 47.1 Å². The van der Waals surface area contributed by atoms with Crippen molar-refractivity contribution in [3.63, 3.8) is 0 Å². The number of hydrogen-bond acceptors (Lipinski definition) is 4. The Balaban J connectivity index is 0.00000208. The highest BCUT2D eigenvalue weighted by molar-refractivity contribution is 14.0. The molecular formula is C17H23IN4S2. The number of nitrogens with zero attached hydrogens (tertiary/aromatic N) is 3. The van der Waals surface area contributed by atoms with E-state index in [1.807, 2.05) is 23.3 Å². The summed E-state index contributed by atoms with van der Waals surface area (Å²) in [6, 6.07) is 8.62. The van der Waals surface area contributed by atoms with E-state index in [-0.39, 0.29) is 24.0 Å². The number of anilines is 1. The van der Waals surface area contributed by atoms with Crippen molar-refractivity contribution in [2.45, 2.75) is 24.1 Å². The number of halogens is 1. The Morgan fingerprint density at radius 2 is 2.29 bits per heavy atom. The van der Waals surface area contributed by atoms with E-state index in [9.17, 15) is 0 Å². The van der Waals surface area contributed by atoms with E-state index in [1.54, 1.807) is 11.3 Å². The molecular weight excluding hydrogens is 451 g/mol. The lowest BCUT2D eigenvalue weighted by Crippen LogP contribution is -2.40. The van der Waals surface area contributed by atoms with E-state index >= 15 is 0 Å². The fourth-order valence-corrected chi connectivity index (χ4v) is 4.28. The number of aliphatic imine (C=N–C) groups is 1. The quantitative estimate of drug-likeness (QED) is 0.223. The minimum absolute atomic E-state index is 0. The summed E-state index contributed by atoms with van der Waals surface area (Å²) >= 11 is 3.52. The fraction of sp³-hybridized carbons (Fsp3) is 0.412. The van der Waals surface area contributed by atoms with Gasteiger partial charge in [-0.15, -0.1) is 35.3 Å². The highest BCUT2D eigenvalue weighted by Gasteiger charge is 2.22. The van der Waals surface area contributed by atoms with Crippen LogP contribution in [-0.2, 0) is 6.42 Å². The van der Waals surface area contributed by atoms with Crippen LogP contribution in [0.25, 0.3) is 0 Å². The Hall–Kier alpha value is -0.800. The minimum Gasteiger partial charge on any atom is -0.356 e. The summed E-state index contributed by atoms with van der Waals surface area (Å²) in [6.45, 7) is 4.87. The summed E-state index contributed by atoms with van der Waals surface area (Å²) < 4.78 is 1.15. The highest BCUT2D eigenvalue weighted by atomic mass is 127. The van der Waals surface area contributed by atoms with E-state index in [0.717, 1.165) is 48.5 Å². The molecule has 0 bridgehead atoms. The third-order valence-electron chi connectivity index (χ3n) is 3.68. The Morgan fingerprint density at radius 3 is 3.08 bits per heavy atom. The predicted molar refractivity (Wildman–Crippen MR) is 116 cm³/mol. The first kappa shape index (κ1) is 19.5. The van der Waals surface area contributed by atoms with Crippen LogP contribution in [0.4, 0.5) is 5.69 Å². The predicted octanol–water partition coefficient (Wildman–Crippen LogP) is 4.27. The zero-order valence-electron chi connectivity index (χ0n) is 13.8. The van der Waals surface area contributed by atoms with Crippen LogP contribution in [0.2, 0.25) is 0 Å². The Morgan fingerprint density at radius 1 is 1.42 bits per heavy atom. The molecule has 0 fully saturated rings. The molecule has 1 aliphatic rings. The van der Waals surface area contributed by atoms with Crippen molar-refractivity contribution >= 4 is 58.7 Å². The van der Waals surface area contributed by atoms with Gasteiger partial charge in [0.1, 0.15) is 4.34 Å². The number of fused-ring (bicyclic) bond motifs is 1. The van der Waals surface area contributed by atoms with Crippen molar-refractivity contribution < 1.29 is 0 Å². The first-order chi connectivity index (χ1) is 11.4. The average molecular weight is 474 g/mol. The largest absolute Gasteiger partial charge is 0.356 e. The van der Waals surface area contributed by atoms with Crippen molar-refractivity contribution in [2.24, 2.45) is 4.99 Å². The molecule has 0 atom stereocenters. The molecule has 2 aromatic rings. The lowest BCUT2D eigenvalue weighted by atomic mass is 10.2. The van der Waals surface area contributed by atoms with Gasteiger partial charge in [0.25, 0.3) is 0 Å². The smallest absolute Gasteiger partial charge is 0.198 e. The monoisotopic (exact) mass is 474 g/mol. The molecule has 1 N–H and O–H groups in total. The first-order valence-corrected chi connectivity index (χ1v) is 9.91. The fourth-order valence-electron chi connectivity index (χ4n) is 2.64. The minimum atomic E-state index is 0. The van der Waals surface area contributed by atoms with Crippen LogP contribution in [-0.4, -0.2) is 36.3 Å². The SMILES string of the molecule is CCNC(=NCCCSc1nccs1)N1CCc2ccccc21.I. The molecule has 7 heteroatoms. The number of aromatic nitrogens is 1. The zero-order valence-corrected chi connectivity index (χ0v) is 17.7. The molecule has 4 nitrogen and oxygen atoms in total. The lowest BCUT2D eigenvalue weighted by Gasteiger charge is -2.22. The van der Waals surface area contributed by atoms with Crippen molar-refractivity contribution in [3.8, 4) is 0 Å². The normalized spacial score (nSPS) is 13.5. The van der Waals surface area contributed by atoms with Gasteiger partial charge in [-0.25, -0.2) is 4.98 Å². The van der Waals surface area contributed by atoms with Crippen molar-refractivity contribution in [1.82, 2.24) is 10.3 Å². The van der Waals surface area contributed by atoms with Crippen molar-refractivity contribution in [2.75, 3.05) is 30.3 Å². The second-order valence-electron chi connectivity index (χ2n) is 5.27. The summed E-state index contributed by atoms with van der Waals surface area (Å²) in [5, 5.41) is 5.45. The number of benzene rings is 1. The third-order valence-corrected chi connectivity index (χ3v) is 5.73. The van der Waals surface area contributed by atoms with Gasteiger partial charge < -0.3 is 10.2 Å². The van der Waals surface area contributed by atoms with Gasteiger partial charge in [-0.1, -0.05) is 30.0 Å². The molecule has 0 saturated heterocycles. The van der Waals surface area contributed by atoms with Crippen LogP contribution in [0.3, 0.4) is 0 Å². The van der Waals surface area contributed by atoms with Gasteiger partial charge in [0, 0.05) is 42.7 Å². The molecule has 0 amide bonds. The van der Waals surface area contributed by atoms with Crippen molar-refractivity contribution in [3.05, 3.63) is 41.4 Å². The van der Waals surface area contributed by atoms with Gasteiger partial charge in [0.05, 0.1) is 0 Å². The van der Waals surface area contributed by atoms with E-state index < -0.39 is 0 Å². The molecule has 1 aromatic heterocycles. The van der Waals surface area contributed by atoms with Gasteiger partial charge in [0.2, 0.25) is 0 Å². The number of rotatable bonds is 6. The zero-order chi connectivity index (χ0) is 15.9. The molecule has 0 saturated carbocycles. The van der Waals surface area contributed by atoms with Gasteiger partial charge in [-0.2, -0.15) is 0 Å². The maximum Gasteiger partial charge on any atom is 0.198 e. The van der Waals surface area contributed by atoms with Gasteiger partial charge in [-0.3, -0.25) is 4.99 Å². The van der Waals surface area contributed by atoms with E-state index in [2.05, 4.69) is 46.4 Å². The van der Waals surface area contributed by atoms with Crippen LogP contribution < -0.4 is 10.2 Å². The van der Waals surface area contributed by atoms with Gasteiger partial charge >= 0.3 is 0 Å².